The molecule has 39 heavy (non-hydrogen) atoms. The van der Waals surface area contributed by atoms with E-state index in [4.69, 9.17) is 19.4 Å². The van der Waals surface area contributed by atoms with E-state index in [1.165, 1.54) is 0 Å². The predicted octanol–water partition coefficient (Wildman–Crippen LogP) is 3.16. The largest absolute Gasteiger partial charge is 0.378 e. The summed E-state index contributed by atoms with van der Waals surface area (Å²) < 4.78 is 10.9. The second kappa shape index (κ2) is 10.0. The monoisotopic (exact) mass is 521 g/mol. The second-order valence-electron chi connectivity index (χ2n) is 10.1. The number of nitrogens with zero attached hydrogens (tertiary/aromatic N) is 6. The number of fused-ring (bicyclic) bond motifs is 2. The molecule has 0 aliphatic carbocycles. The third-order valence-electron chi connectivity index (χ3n) is 7.31. The van der Waals surface area contributed by atoms with E-state index >= 15 is 0 Å². The lowest BCUT2D eigenvalue weighted by Gasteiger charge is -2.38. The van der Waals surface area contributed by atoms with E-state index in [1.54, 1.807) is 37.8 Å². The van der Waals surface area contributed by atoms with Crippen molar-refractivity contribution in [1.82, 2.24) is 25.3 Å². The molecule has 0 unspecified atom stereocenters. The van der Waals surface area contributed by atoms with Gasteiger partial charge >= 0.3 is 0 Å². The molecule has 10 heteroatoms. The number of hydrogen-bond acceptors (Lipinski definition) is 9. The van der Waals surface area contributed by atoms with Gasteiger partial charge in [-0.25, -0.2) is 9.97 Å². The number of anilines is 1. The van der Waals surface area contributed by atoms with Gasteiger partial charge in [0.15, 0.2) is 0 Å². The summed E-state index contributed by atoms with van der Waals surface area (Å²) >= 11 is 0. The van der Waals surface area contributed by atoms with Gasteiger partial charge in [-0.15, -0.1) is 0 Å². The SMILES string of the molecule is COC1CN(c2cncc(-c3ccc4cnc(CNC(=O)c5ccc6c(c5)[C@](C)(C#N)COC6)cc4n3)n2)C1. The van der Waals surface area contributed by atoms with Crippen molar-refractivity contribution in [2.24, 2.45) is 0 Å². The smallest absolute Gasteiger partial charge is 0.251 e. The number of nitriles is 1. The van der Waals surface area contributed by atoms with E-state index in [0.717, 1.165) is 40.9 Å². The van der Waals surface area contributed by atoms with Gasteiger partial charge in [0.1, 0.15) is 16.9 Å². The van der Waals surface area contributed by atoms with Gasteiger partial charge in [0.2, 0.25) is 0 Å². The van der Waals surface area contributed by atoms with Crippen molar-refractivity contribution in [3.05, 3.63) is 77.4 Å². The van der Waals surface area contributed by atoms with E-state index in [0.29, 0.717) is 35.9 Å². The highest BCUT2D eigenvalue weighted by Crippen LogP contribution is 2.32. The zero-order valence-corrected chi connectivity index (χ0v) is 21.7. The number of amides is 1. The van der Waals surface area contributed by atoms with Crippen LogP contribution < -0.4 is 10.2 Å². The summed E-state index contributed by atoms with van der Waals surface area (Å²) in [6.45, 7) is 4.39. The van der Waals surface area contributed by atoms with Crippen molar-refractivity contribution in [2.75, 3.05) is 31.7 Å². The molecule has 196 valence electrons. The zero-order chi connectivity index (χ0) is 27.0. The number of rotatable bonds is 6. The van der Waals surface area contributed by atoms with Gasteiger partial charge in [-0.1, -0.05) is 6.07 Å². The molecule has 2 aliphatic heterocycles. The van der Waals surface area contributed by atoms with Crippen molar-refractivity contribution < 1.29 is 14.3 Å². The van der Waals surface area contributed by atoms with Gasteiger partial charge in [-0.05, 0) is 48.4 Å². The third kappa shape index (κ3) is 4.78. The number of carbonyl (C=O) groups excluding carboxylic acids is 1. The Balaban J connectivity index is 1.18. The minimum Gasteiger partial charge on any atom is -0.378 e. The maximum atomic E-state index is 13.0. The molecule has 6 rings (SSSR count). The highest BCUT2D eigenvalue weighted by atomic mass is 16.5. The van der Waals surface area contributed by atoms with E-state index < -0.39 is 5.41 Å². The normalized spacial score (nSPS) is 18.7. The average Bonchev–Trinajstić information content (AvgIpc) is 2.95. The Morgan fingerprint density at radius 2 is 2.05 bits per heavy atom. The number of nitrogens with one attached hydrogen (secondary N) is 1. The van der Waals surface area contributed by atoms with Crippen LogP contribution in [-0.4, -0.2) is 58.8 Å². The second-order valence-corrected chi connectivity index (χ2v) is 10.1. The molecule has 0 bridgehead atoms. The molecule has 1 amide bonds. The maximum Gasteiger partial charge on any atom is 0.251 e. The van der Waals surface area contributed by atoms with Gasteiger partial charge < -0.3 is 19.7 Å². The van der Waals surface area contributed by atoms with Crippen LogP contribution in [0.5, 0.6) is 0 Å². The van der Waals surface area contributed by atoms with Crippen molar-refractivity contribution >= 4 is 22.6 Å². The summed E-state index contributed by atoms with van der Waals surface area (Å²) in [4.78, 5) is 33.5. The molecule has 2 aliphatic rings. The average molecular weight is 522 g/mol. The summed E-state index contributed by atoms with van der Waals surface area (Å²) in [6.07, 6.45) is 5.42. The van der Waals surface area contributed by atoms with Crippen molar-refractivity contribution in [3.63, 3.8) is 0 Å². The minimum absolute atomic E-state index is 0.222. The molecule has 1 fully saturated rings. The number of carbonyl (C=O) groups is 1. The van der Waals surface area contributed by atoms with Crippen LogP contribution in [0.2, 0.25) is 0 Å². The van der Waals surface area contributed by atoms with Gasteiger partial charge in [0.25, 0.3) is 5.91 Å². The Kier molecular flexibility index (Phi) is 6.38. The third-order valence-corrected chi connectivity index (χ3v) is 7.31. The number of ether oxygens (including phenoxy) is 2. The molecular weight excluding hydrogens is 494 g/mol. The zero-order valence-electron chi connectivity index (χ0n) is 21.7. The quantitative estimate of drug-likeness (QED) is 0.407. The molecule has 0 radical (unpaired) electrons. The molecule has 1 N–H and O–H groups in total. The van der Waals surface area contributed by atoms with E-state index in [9.17, 15) is 10.1 Å². The molecule has 3 aromatic heterocycles. The Hall–Kier alpha value is -4.46. The van der Waals surface area contributed by atoms with Gasteiger partial charge in [0.05, 0.1) is 61.2 Å². The van der Waals surface area contributed by atoms with Crippen LogP contribution in [-0.2, 0) is 28.0 Å². The molecule has 1 saturated heterocycles. The number of benzene rings is 1. The fraction of sp³-hybridized carbons (Fsp3) is 0.310. The van der Waals surface area contributed by atoms with E-state index in [1.807, 2.05) is 31.2 Å². The first-order valence-electron chi connectivity index (χ1n) is 12.7. The molecule has 1 aromatic carbocycles. The van der Waals surface area contributed by atoms with Crippen LogP contribution in [0, 0.1) is 11.3 Å². The number of methoxy groups -OCH3 is 1. The van der Waals surface area contributed by atoms with Crippen LogP contribution in [0.4, 0.5) is 5.82 Å². The summed E-state index contributed by atoms with van der Waals surface area (Å²) in [7, 11) is 1.71. The summed E-state index contributed by atoms with van der Waals surface area (Å²) in [5.74, 6) is 0.563. The Morgan fingerprint density at radius 3 is 2.87 bits per heavy atom. The molecule has 10 nitrogen and oxygen atoms in total. The van der Waals surface area contributed by atoms with Crippen molar-refractivity contribution in [1.29, 1.82) is 5.26 Å². The lowest BCUT2D eigenvalue weighted by atomic mass is 9.79. The highest BCUT2D eigenvalue weighted by molar-refractivity contribution is 5.94. The van der Waals surface area contributed by atoms with Crippen molar-refractivity contribution in [3.8, 4) is 17.5 Å². The van der Waals surface area contributed by atoms with Gasteiger partial charge in [-0.3, -0.25) is 14.8 Å². The fourth-order valence-corrected chi connectivity index (χ4v) is 4.87. The van der Waals surface area contributed by atoms with Crippen LogP contribution in [0.1, 0.15) is 34.1 Å². The minimum atomic E-state index is -0.779. The van der Waals surface area contributed by atoms with E-state index in [-0.39, 0.29) is 18.6 Å². The molecular formula is C29H27N7O3. The highest BCUT2D eigenvalue weighted by Gasteiger charge is 2.33. The van der Waals surface area contributed by atoms with E-state index in [2.05, 4.69) is 26.3 Å². The van der Waals surface area contributed by atoms with Gasteiger partial charge in [0, 0.05) is 37.3 Å². The number of aromatic nitrogens is 4. The summed E-state index contributed by atoms with van der Waals surface area (Å²) in [6, 6.07) is 13.5. The van der Waals surface area contributed by atoms with Crippen LogP contribution in [0.3, 0.4) is 0 Å². The molecule has 5 heterocycles. The Bertz CT molecular complexity index is 1610. The van der Waals surface area contributed by atoms with Crippen LogP contribution in [0.25, 0.3) is 22.3 Å². The number of pyridine rings is 2. The van der Waals surface area contributed by atoms with Crippen molar-refractivity contribution in [2.45, 2.75) is 31.6 Å². The summed E-state index contributed by atoms with van der Waals surface area (Å²) in [5, 5.41) is 13.5. The van der Waals surface area contributed by atoms with Crippen LogP contribution >= 0.6 is 0 Å². The summed E-state index contributed by atoms with van der Waals surface area (Å²) in [5.41, 5.74) is 4.31. The molecule has 1 atom stereocenters. The predicted molar refractivity (Wildman–Crippen MR) is 144 cm³/mol. The molecule has 0 saturated carbocycles. The first-order valence-corrected chi connectivity index (χ1v) is 12.7. The maximum absolute atomic E-state index is 13.0. The lowest BCUT2D eigenvalue weighted by molar-refractivity contribution is 0.0757. The first kappa shape index (κ1) is 24.9. The molecule has 0 spiro atoms. The Morgan fingerprint density at radius 1 is 1.18 bits per heavy atom. The molecule has 4 aromatic rings. The standard InChI is InChI=1S/C29H27N7O3/c1-29(16-30)17-39-15-20-4-3-18(7-23(20)29)28(37)33-10-21-8-25-19(9-32-21)5-6-24(34-25)26-11-31-12-27(35-26)36-13-22(14-36)38-2/h3-9,11-12,22H,10,13-15,17H2,1-2H3,(H,33,37)/t29-/m1/s1. The Labute approximate surface area is 225 Å². The topological polar surface area (TPSA) is 126 Å². The first-order chi connectivity index (χ1) is 19.0. The van der Waals surface area contributed by atoms with Crippen LogP contribution in [0.15, 0.2) is 55.0 Å². The number of hydrogen-bond donors (Lipinski definition) is 1. The fourth-order valence-electron chi connectivity index (χ4n) is 4.87. The lowest BCUT2D eigenvalue weighted by Crippen LogP contribution is -2.52. The van der Waals surface area contributed by atoms with Gasteiger partial charge in [-0.2, -0.15) is 5.26 Å².